The van der Waals surface area contributed by atoms with Crippen LogP contribution in [0.15, 0.2) is 24.5 Å². The predicted molar refractivity (Wildman–Crippen MR) is 98.3 cm³/mol. The Kier molecular flexibility index (Phi) is 4.84. The first kappa shape index (κ1) is 18.5. The van der Waals surface area contributed by atoms with Gasteiger partial charge in [-0.3, -0.25) is 4.68 Å². The number of nitrogens with two attached hydrogens (primary N) is 1. The summed E-state index contributed by atoms with van der Waals surface area (Å²) in [5.74, 6) is -0.152. The quantitative estimate of drug-likeness (QED) is 0.822. The van der Waals surface area contributed by atoms with Crippen molar-refractivity contribution in [2.24, 2.45) is 5.92 Å². The molecule has 0 atom stereocenters. The van der Waals surface area contributed by atoms with E-state index in [4.69, 9.17) is 22.1 Å². The molecule has 1 aliphatic heterocycles. The average molecular weight is 381 g/mol. The second-order valence-electron chi connectivity index (χ2n) is 7.56. The van der Waals surface area contributed by atoms with Crippen molar-refractivity contribution in [1.82, 2.24) is 14.7 Å². The number of carbonyl (C=O) groups excluding carboxylic acids is 1. The van der Waals surface area contributed by atoms with E-state index < -0.39 is 11.4 Å². The Bertz CT molecular complexity index is 825. The lowest BCUT2D eigenvalue weighted by molar-refractivity contribution is -0.00383. The first-order valence-electron chi connectivity index (χ1n) is 8.37. The van der Waals surface area contributed by atoms with E-state index in [2.05, 4.69) is 5.10 Å². The van der Waals surface area contributed by atoms with Gasteiger partial charge in [-0.25, -0.2) is 9.18 Å². The SMILES string of the molecule is CC(C)(C)OC(=O)N1CC(Cn2cc(-c3cc(Cl)c(N)cc3F)cn2)C1. The van der Waals surface area contributed by atoms with Crippen LogP contribution in [0.25, 0.3) is 11.1 Å². The molecule has 2 aromatic rings. The topological polar surface area (TPSA) is 73.4 Å². The summed E-state index contributed by atoms with van der Waals surface area (Å²) in [6, 6.07) is 2.71. The molecule has 0 spiro atoms. The van der Waals surface area contributed by atoms with Gasteiger partial charge in [0.05, 0.1) is 16.9 Å². The molecule has 1 fully saturated rings. The van der Waals surface area contributed by atoms with Gasteiger partial charge in [0, 0.05) is 42.9 Å². The second-order valence-corrected chi connectivity index (χ2v) is 7.96. The molecule has 3 rings (SSSR count). The van der Waals surface area contributed by atoms with Gasteiger partial charge in [-0.2, -0.15) is 5.10 Å². The summed E-state index contributed by atoms with van der Waals surface area (Å²) >= 11 is 5.98. The highest BCUT2D eigenvalue weighted by Crippen LogP contribution is 2.30. The Morgan fingerprint density at radius 3 is 2.77 bits per heavy atom. The fraction of sp³-hybridized carbons (Fsp3) is 0.444. The highest BCUT2D eigenvalue weighted by Gasteiger charge is 2.33. The molecule has 140 valence electrons. The smallest absolute Gasteiger partial charge is 0.410 e. The van der Waals surface area contributed by atoms with Gasteiger partial charge in [0.2, 0.25) is 0 Å². The molecule has 0 bridgehead atoms. The van der Waals surface area contributed by atoms with Crippen LogP contribution in [-0.4, -0.2) is 39.5 Å². The van der Waals surface area contributed by atoms with E-state index in [9.17, 15) is 9.18 Å². The van der Waals surface area contributed by atoms with E-state index in [0.717, 1.165) is 0 Å². The van der Waals surface area contributed by atoms with E-state index in [-0.39, 0.29) is 17.7 Å². The van der Waals surface area contributed by atoms with Crippen LogP contribution in [0.1, 0.15) is 20.8 Å². The van der Waals surface area contributed by atoms with Gasteiger partial charge in [-0.15, -0.1) is 0 Å². The number of nitrogens with zero attached hydrogens (tertiary/aromatic N) is 3. The van der Waals surface area contributed by atoms with Gasteiger partial charge >= 0.3 is 6.09 Å². The molecule has 1 saturated heterocycles. The second kappa shape index (κ2) is 6.79. The lowest BCUT2D eigenvalue weighted by Gasteiger charge is -2.39. The average Bonchev–Trinajstić information content (AvgIpc) is 2.92. The van der Waals surface area contributed by atoms with Crippen LogP contribution in [-0.2, 0) is 11.3 Å². The predicted octanol–water partition coefficient (Wildman–Crippen LogP) is 3.79. The van der Waals surface area contributed by atoms with Crippen LogP contribution in [0, 0.1) is 11.7 Å². The number of aromatic nitrogens is 2. The molecule has 26 heavy (non-hydrogen) atoms. The van der Waals surface area contributed by atoms with Crippen LogP contribution in [0.3, 0.4) is 0 Å². The molecule has 0 saturated carbocycles. The maximum atomic E-state index is 14.1. The normalized spacial score (nSPS) is 15.0. The fourth-order valence-electron chi connectivity index (χ4n) is 2.81. The van der Waals surface area contributed by atoms with E-state index in [1.54, 1.807) is 22.0 Å². The van der Waals surface area contributed by atoms with Gasteiger partial charge in [-0.1, -0.05) is 11.6 Å². The first-order chi connectivity index (χ1) is 12.1. The Morgan fingerprint density at radius 1 is 1.42 bits per heavy atom. The van der Waals surface area contributed by atoms with Crippen molar-refractivity contribution in [3.8, 4) is 11.1 Å². The van der Waals surface area contributed by atoms with Crippen molar-refractivity contribution >= 4 is 23.4 Å². The maximum absolute atomic E-state index is 14.1. The molecule has 1 aromatic heterocycles. The number of nitrogen functional groups attached to an aromatic ring is 1. The van der Waals surface area contributed by atoms with Gasteiger partial charge in [0.15, 0.2) is 0 Å². The number of ether oxygens (including phenoxy) is 1. The number of rotatable bonds is 3. The Morgan fingerprint density at radius 2 is 2.12 bits per heavy atom. The number of likely N-dealkylation sites (tertiary alicyclic amines) is 1. The Hall–Kier alpha value is -2.28. The van der Waals surface area contributed by atoms with Gasteiger partial charge in [-0.05, 0) is 32.9 Å². The van der Waals surface area contributed by atoms with E-state index >= 15 is 0 Å². The number of hydrogen-bond acceptors (Lipinski definition) is 4. The lowest BCUT2D eigenvalue weighted by Crippen LogP contribution is -2.52. The van der Waals surface area contributed by atoms with Crippen LogP contribution in [0.4, 0.5) is 14.9 Å². The van der Waals surface area contributed by atoms with E-state index in [0.29, 0.717) is 35.8 Å². The summed E-state index contributed by atoms with van der Waals surface area (Å²) in [5, 5.41) is 4.58. The summed E-state index contributed by atoms with van der Waals surface area (Å²) in [7, 11) is 0. The lowest BCUT2D eigenvalue weighted by atomic mass is 10.0. The zero-order valence-corrected chi connectivity index (χ0v) is 15.8. The van der Waals surface area contributed by atoms with Crippen LogP contribution >= 0.6 is 11.6 Å². The molecule has 6 nitrogen and oxygen atoms in total. The Labute approximate surface area is 156 Å². The number of carbonyl (C=O) groups is 1. The fourth-order valence-corrected chi connectivity index (χ4v) is 2.98. The molecular weight excluding hydrogens is 359 g/mol. The van der Waals surface area contributed by atoms with Gasteiger partial charge < -0.3 is 15.4 Å². The van der Waals surface area contributed by atoms with Gasteiger partial charge in [0.25, 0.3) is 0 Å². The minimum Gasteiger partial charge on any atom is -0.444 e. The molecule has 1 aromatic carbocycles. The van der Waals surface area contributed by atoms with Crippen LogP contribution < -0.4 is 5.73 Å². The summed E-state index contributed by atoms with van der Waals surface area (Å²) in [5.41, 5.74) is 6.31. The van der Waals surface area contributed by atoms with Crippen LogP contribution in [0.5, 0.6) is 0 Å². The van der Waals surface area contributed by atoms with Crippen molar-refractivity contribution < 1.29 is 13.9 Å². The minimum atomic E-state index is -0.497. The third-order valence-electron chi connectivity index (χ3n) is 4.08. The van der Waals surface area contributed by atoms with E-state index in [1.807, 2.05) is 20.8 Å². The molecule has 0 aliphatic carbocycles. The maximum Gasteiger partial charge on any atom is 0.410 e. The summed E-state index contributed by atoms with van der Waals surface area (Å²) in [6.45, 7) is 7.41. The molecule has 0 unspecified atom stereocenters. The molecular formula is C18H22ClFN4O2. The number of hydrogen-bond donors (Lipinski definition) is 1. The molecule has 2 N–H and O–H groups in total. The number of benzene rings is 1. The Balaban J connectivity index is 1.59. The molecule has 2 heterocycles. The number of halogens is 2. The highest BCUT2D eigenvalue weighted by molar-refractivity contribution is 6.33. The standard InChI is InChI=1S/C18H22ClFN4O2/c1-18(2,3)26-17(25)23-7-11(8-23)9-24-10-12(6-22-24)13-4-14(19)16(21)5-15(13)20/h4-6,10-11H,7-9,21H2,1-3H3. The van der Waals surface area contributed by atoms with Crippen molar-refractivity contribution in [3.63, 3.8) is 0 Å². The molecule has 0 radical (unpaired) electrons. The van der Waals surface area contributed by atoms with Crippen LogP contribution in [0.2, 0.25) is 5.02 Å². The minimum absolute atomic E-state index is 0.206. The third-order valence-corrected chi connectivity index (χ3v) is 4.41. The summed E-state index contributed by atoms with van der Waals surface area (Å²) < 4.78 is 21.2. The molecule has 8 heteroatoms. The largest absolute Gasteiger partial charge is 0.444 e. The van der Waals surface area contributed by atoms with Crippen molar-refractivity contribution in [3.05, 3.63) is 35.4 Å². The number of anilines is 1. The summed E-state index contributed by atoms with van der Waals surface area (Å²) in [6.07, 6.45) is 3.06. The zero-order chi connectivity index (χ0) is 19.1. The third kappa shape index (κ3) is 4.09. The van der Waals surface area contributed by atoms with Gasteiger partial charge in [0.1, 0.15) is 11.4 Å². The molecule has 1 aliphatic rings. The molecule has 1 amide bonds. The van der Waals surface area contributed by atoms with Crippen molar-refractivity contribution in [2.45, 2.75) is 32.9 Å². The van der Waals surface area contributed by atoms with Crippen molar-refractivity contribution in [1.29, 1.82) is 0 Å². The summed E-state index contributed by atoms with van der Waals surface area (Å²) in [4.78, 5) is 13.6. The van der Waals surface area contributed by atoms with Crippen molar-refractivity contribution in [2.75, 3.05) is 18.8 Å². The monoisotopic (exact) mass is 380 g/mol. The van der Waals surface area contributed by atoms with E-state index in [1.165, 1.54) is 12.1 Å². The zero-order valence-electron chi connectivity index (χ0n) is 15.0. The first-order valence-corrected chi connectivity index (χ1v) is 8.75. The highest BCUT2D eigenvalue weighted by atomic mass is 35.5. The number of amides is 1.